The number of likely N-dealkylation sites (N-methyl/N-ethyl adjacent to an activating group) is 4. The number of amides is 1. The van der Waals surface area contributed by atoms with Gasteiger partial charge in [-0.25, -0.2) is 0 Å². The Balaban J connectivity index is 2.82. The van der Waals surface area contributed by atoms with E-state index in [9.17, 15) is 4.79 Å². The van der Waals surface area contributed by atoms with Gasteiger partial charge in [0.15, 0.2) is 0 Å². The fourth-order valence-electron chi connectivity index (χ4n) is 1.93. The third-order valence-electron chi connectivity index (χ3n) is 2.67. The number of nitrogens with zero attached hydrogens (tertiary/aromatic N) is 1. The molecule has 0 aromatic heterocycles. The predicted octanol–water partition coefficient (Wildman–Crippen LogP) is -1.82. The summed E-state index contributed by atoms with van der Waals surface area (Å²) < 4.78 is 0. The van der Waals surface area contributed by atoms with Crippen molar-refractivity contribution in [1.29, 1.82) is 0 Å². The molecule has 3 N–H and O–H groups in total. The van der Waals surface area contributed by atoms with Gasteiger partial charge in [0.25, 0.3) is 0 Å². The van der Waals surface area contributed by atoms with Gasteiger partial charge in [0.05, 0.1) is 12.2 Å². The summed E-state index contributed by atoms with van der Waals surface area (Å²) in [5.41, 5.74) is 0. The number of carbonyl (C=O) groups excluding carboxylic acids is 1. The highest BCUT2D eigenvalue weighted by Gasteiger charge is 2.43. The van der Waals surface area contributed by atoms with Gasteiger partial charge in [-0.3, -0.25) is 10.1 Å². The first-order valence-electron chi connectivity index (χ1n) is 4.45. The van der Waals surface area contributed by atoms with Gasteiger partial charge < -0.3 is 15.5 Å². The van der Waals surface area contributed by atoms with Crippen LogP contribution in [-0.2, 0) is 4.79 Å². The molecule has 1 rings (SSSR count). The van der Waals surface area contributed by atoms with E-state index in [-0.39, 0.29) is 24.2 Å². The van der Waals surface area contributed by atoms with Crippen molar-refractivity contribution in [2.45, 2.75) is 18.2 Å². The molecule has 0 aliphatic carbocycles. The molecule has 3 unspecified atom stereocenters. The van der Waals surface area contributed by atoms with Crippen LogP contribution in [0.5, 0.6) is 0 Å². The quantitative estimate of drug-likeness (QED) is 0.486. The highest BCUT2D eigenvalue weighted by molar-refractivity contribution is 5.85. The Morgan fingerprint density at radius 3 is 2.15 bits per heavy atom. The van der Waals surface area contributed by atoms with E-state index in [2.05, 4.69) is 16.0 Å². The van der Waals surface area contributed by atoms with Crippen molar-refractivity contribution >= 4 is 5.91 Å². The summed E-state index contributed by atoms with van der Waals surface area (Å²) in [6.45, 7) is 0. The first kappa shape index (κ1) is 10.4. The molecule has 1 fully saturated rings. The molecule has 1 aliphatic heterocycles. The molecule has 1 aliphatic rings. The molecule has 0 saturated carbocycles. The SMILES string of the molecule is CNC1C(=O)N(C)C(NC)C1NC. The Morgan fingerprint density at radius 2 is 1.77 bits per heavy atom. The molecule has 5 nitrogen and oxygen atoms in total. The lowest BCUT2D eigenvalue weighted by Gasteiger charge is -2.24. The Labute approximate surface area is 78.9 Å². The molecule has 5 heteroatoms. The molecule has 13 heavy (non-hydrogen) atoms. The number of hydrogen-bond donors (Lipinski definition) is 3. The molecule has 0 aromatic carbocycles. The van der Waals surface area contributed by atoms with Crippen molar-refractivity contribution in [1.82, 2.24) is 20.9 Å². The highest BCUT2D eigenvalue weighted by atomic mass is 16.2. The number of rotatable bonds is 3. The van der Waals surface area contributed by atoms with Gasteiger partial charge >= 0.3 is 0 Å². The van der Waals surface area contributed by atoms with Crippen molar-refractivity contribution < 1.29 is 4.79 Å². The van der Waals surface area contributed by atoms with Gasteiger partial charge in [0.2, 0.25) is 5.91 Å². The van der Waals surface area contributed by atoms with Crippen LogP contribution >= 0.6 is 0 Å². The number of hydrogen-bond acceptors (Lipinski definition) is 4. The molecule has 0 aromatic rings. The predicted molar refractivity (Wildman–Crippen MR) is 51.3 cm³/mol. The monoisotopic (exact) mass is 186 g/mol. The minimum Gasteiger partial charge on any atom is -0.327 e. The third kappa shape index (κ3) is 1.54. The van der Waals surface area contributed by atoms with Crippen LogP contribution in [0.15, 0.2) is 0 Å². The van der Waals surface area contributed by atoms with E-state index in [1.165, 1.54) is 0 Å². The standard InChI is InChI=1S/C8H18N4O/c1-9-5-6(10-2)8(13)12(4)7(5)11-3/h5-7,9-11H,1-4H3. The maximum Gasteiger partial charge on any atom is 0.242 e. The van der Waals surface area contributed by atoms with Gasteiger partial charge in [0, 0.05) is 7.05 Å². The zero-order chi connectivity index (χ0) is 10.0. The Bertz CT molecular complexity index is 197. The summed E-state index contributed by atoms with van der Waals surface area (Å²) in [5.74, 6) is 0.126. The van der Waals surface area contributed by atoms with E-state index in [1.54, 1.807) is 11.9 Å². The number of carbonyl (C=O) groups is 1. The average molecular weight is 186 g/mol. The molecule has 1 saturated heterocycles. The van der Waals surface area contributed by atoms with Gasteiger partial charge in [0.1, 0.15) is 6.04 Å². The summed E-state index contributed by atoms with van der Waals surface area (Å²) >= 11 is 0. The van der Waals surface area contributed by atoms with Crippen molar-refractivity contribution in [2.24, 2.45) is 0 Å². The zero-order valence-corrected chi connectivity index (χ0v) is 8.59. The van der Waals surface area contributed by atoms with Crippen LogP contribution in [0.2, 0.25) is 0 Å². The minimum absolute atomic E-state index is 0.0648. The lowest BCUT2D eigenvalue weighted by Crippen LogP contribution is -2.53. The Kier molecular flexibility index (Phi) is 3.24. The third-order valence-corrected chi connectivity index (χ3v) is 2.67. The van der Waals surface area contributed by atoms with E-state index in [0.29, 0.717) is 0 Å². The van der Waals surface area contributed by atoms with E-state index < -0.39 is 0 Å². The summed E-state index contributed by atoms with van der Waals surface area (Å²) in [7, 11) is 7.34. The van der Waals surface area contributed by atoms with E-state index in [4.69, 9.17) is 0 Å². The molecule has 0 radical (unpaired) electrons. The maximum absolute atomic E-state index is 11.7. The van der Waals surface area contributed by atoms with Crippen molar-refractivity contribution in [2.75, 3.05) is 28.2 Å². The summed E-state index contributed by atoms with van der Waals surface area (Å²) in [5, 5.41) is 9.27. The molecule has 0 spiro atoms. The Morgan fingerprint density at radius 1 is 1.15 bits per heavy atom. The van der Waals surface area contributed by atoms with Crippen LogP contribution in [0, 0.1) is 0 Å². The van der Waals surface area contributed by atoms with Crippen LogP contribution in [0.3, 0.4) is 0 Å². The van der Waals surface area contributed by atoms with Crippen LogP contribution in [-0.4, -0.2) is 57.2 Å². The summed E-state index contributed by atoms with van der Waals surface area (Å²) in [6, 6.07) is -0.0139. The Hall–Kier alpha value is -0.650. The maximum atomic E-state index is 11.7. The van der Waals surface area contributed by atoms with Crippen molar-refractivity contribution in [3.63, 3.8) is 0 Å². The molecule has 0 bridgehead atoms. The van der Waals surface area contributed by atoms with Crippen molar-refractivity contribution in [3.05, 3.63) is 0 Å². The second-order valence-corrected chi connectivity index (χ2v) is 3.26. The van der Waals surface area contributed by atoms with E-state index in [0.717, 1.165) is 0 Å². The van der Waals surface area contributed by atoms with E-state index >= 15 is 0 Å². The largest absolute Gasteiger partial charge is 0.327 e. The molecule has 76 valence electrons. The van der Waals surface area contributed by atoms with Crippen LogP contribution < -0.4 is 16.0 Å². The topological polar surface area (TPSA) is 56.4 Å². The summed E-state index contributed by atoms with van der Waals surface area (Å²) in [4.78, 5) is 13.4. The normalized spacial score (nSPS) is 34.3. The number of nitrogens with one attached hydrogen (secondary N) is 3. The van der Waals surface area contributed by atoms with Crippen LogP contribution in [0.25, 0.3) is 0 Å². The first-order chi connectivity index (χ1) is 6.17. The smallest absolute Gasteiger partial charge is 0.242 e. The van der Waals surface area contributed by atoms with Crippen LogP contribution in [0.1, 0.15) is 0 Å². The second-order valence-electron chi connectivity index (χ2n) is 3.26. The van der Waals surface area contributed by atoms with Gasteiger partial charge in [-0.15, -0.1) is 0 Å². The lowest BCUT2D eigenvalue weighted by atomic mass is 10.1. The molecule has 3 atom stereocenters. The molecular formula is C8H18N4O. The highest BCUT2D eigenvalue weighted by Crippen LogP contribution is 2.15. The van der Waals surface area contributed by atoms with Gasteiger partial charge in [-0.2, -0.15) is 0 Å². The summed E-state index contributed by atoms with van der Waals surface area (Å²) in [6.07, 6.45) is 0.0648. The number of likely N-dealkylation sites (tertiary alicyclic amines) is 1. The first-order valence-corrected chi connectivity index (χ1v) is 4.45. The average Bonchev–Trinajstić information content (AvgIpc) is 2.38. The second kappa shape index (κ2) is 4.04. The lowest BCUT2D eigenvalue weighted by molar-refractivity contribution is -0.129. The fourth-order valence-corrected chi connectivity index (χ4v) is 1.93. The molecular weight excluding hydrogens is 168 g/mol. The van der Waals surface area contributed by atoms with Gasteiger partial charge in [-0.1, -0.05) is 0 Å². The molecule has 1 amide bonds. The van der Waals surface area contributed by atoms with Crippen molar-refractivity contribution in [3.8, 4) is 0 Å². The minimum atomic E-state index is -0.132. The molecule has 1 heterocycles. The van der Waals surface area contributed by atoms with E-state index in [1.807, 2.05) is 21.1 Å². The van der Waals surface area contributed by atoms with Gasteiger partial charge in [-0.05, 0) is 21.1 Å². The van der Waals surface area contributed by atoms with Crippen LogP contribution in [0.4, 0.5) is 0 Å². The fraction of sp³-hybridized carbons (Fsp3) is 0.875. The zero-order valence-electron chi connectivity index (χ0n) is 8.59.